The van der Waals surface area contributed by atoms with Crippen molar-refractivity contribution in [3.05, 3.63) is 29.3 Å². The lowest BCUT2D eigenvalue weighted by molar-refractivity contribution is 0.0658. The quantitative estimate of drug-likeness (QED) is 0.734. The van der Waals surface area contributed by atoms with Crippen LogP contribution in [0.2, 0.25) is 5.02 Å². The Kier molecular flexibility index (Phi) is 7.75. The van der Waals surface area contributed by atoms with Crippen molar-refractivity contribution in [3.63, 3.8) is 0 Å². The van der Waals surface area contributed by atoms with Crippen molar-refractivity contribution in [1.29, 1.82) is 0 Å². The van der Waals surface area contributed by atoms with E-state index in [4.69, 9.17) is 16.3 Å². The molecule has 1 aromatic rings. The molecule has 1 aromatic carbocycles. The average Bonchev–Trinajstić information content (AvgIpc) is 2.32. The Labute approximate surface area is 119 Å². The lowest BCUT2D eigenvalue weighted by Gasteiger charge is -2.19. The summed E-state index contributed by atoms with van der Waals surface area (Å²) in [6.45, 7) is 7.95. The molecule has 1 unspecified atom stereocenters. The first-order valence-corrected chi connectivity index (χ1v) is 7.71. The Morgan fingerprint density at radius 1 is 1.39 bits per heavy atom. The van der Waals surface area contributed by atoms with E-state index in [9.17, 15) is 0 Å². The van der Waals surface area contributed by atoms with Gasteiger partial charge in [-0.2, -0.15) is 0 Å². The van der Waals surface area contributed by atoms with Gasteiger partial charge in [0.25, 0.3) is 0 Å². The van der Waals surface area contributed by atoms with Crippen LogP contribution in [0.3, 0.4) is 0 Å². The molecular formula is C14H22ClNOS. The van der Waals surface area contributed by atoms with E-state index in [0.717, 1.165) is 23.9 Å². The molecule has 0 aliphatic rings. The molecule has 4 heteroatoms. The van der Waals surface area contributed by atoms with Crippen LogP contribution in [0.1, 0.15) is 20.8 Å². The van der Waals surface area contributed by atoms with E-state index in [0.29, 0.717) is 6.04 Å². The third-order valence-corrected chi connectivity index (χ3v) is 3.76. The molecule has 0 aliphatic heterocycles. The van der Waals surface area contributed by atoms with E-state index >= 15 is 0 Å². The number of halogens is 1. The fraction of sp³-hybridized carbons (Fsp3) is 0.571. The van der Waals surface area contributed by atoms with Gasteiger partial charge in [0, 0.05) is 21.7 Å². The van der Waals surface area contributed by atoms with Gasteiger partial charge in [0.2, 0.25) is 0 Å². The minimum atomic E-state index is 0.280. The molecule has 18 heavy (non-hydrogen) atoms. The molecule has 1 rings (SSSR count). The SMILES string of the molecule is CCNC(COC(C)C)CSc1cccc(Cl)c1. The van der Waals surface area contributed by atoms with E-state index in [2.05, 4.69) is 32.2 Å². The van der Waals surface area contributed by atoms with E-state index < -0.39 is 0 Å². The first-order chi connectivity index (χ1) is 8.61. The van der Waals surface area contributed by atoms with Gasteiger partial charge in [0.1, 0.15) is 0 Å². The number of ether oxygens (including phenoxy) is 1. The van der Waals surface area contributed by atoms with Crippen LogP contribution in [0.4, 0.5) is 0 Å². The largest absolute Gasteiger partial charge is 0.377 e. The summed E-state index contributed by atoms with van der Waals surface area (Å²) in [5.74, 6) is 0.987. The summed E-state index contributed by atoms with van der Waals surface area (Å²) in [7, 11) is 0. The van der Waals surface area contributed by atoms with Gasteiger partial charge in [-0.25, -0.2) is 0 Å². The maximum atomic E-state index is 5.97. The zero-order chi connectivity index (χ0) is 13.4. The van der Waals surface area contributed by atoms with Gasteiger partial charge in [0.15, 0.2) is 0 Å². The van der Waals surface area contributed by atoms with Gasteiger partial charge in [-0.3, -0.25) is 0 Å². The highest BCUT2D eigenvalue weighted by Crippen LogP contribution is 2.22. The Bertz CT molecular complexity index is 346. The number of benzene rings is 1. The minimum absolute atomic E-state index is 0.280. The molecule has 1 atom stereocenters. The molecule has 1 N–H and O–H groups in total. The number of thioether (sulfide) groups is 1. The van der Waals surface area contributed by atoms with Gasteiger partial charge in [-0.05, 0) is 38.6 Å². The van der Waals surface area contributed by atoms with Crippen LogP contribution in [0, 0.1) is 0 Å². The Morgan fingerprint density at radius 3 is 2.78 bits per heavy atom. The molecule has 2 nitrogen and oxygen atoms in total. The first-order valence-electron chi connectivity index (χ1n) is 6.35. The van der Waals surface area contributed by atoms with Crippen LogP contribution in [-0.4, -0.2) is 31.1 Å². The highest BCUT2D eigenvalue weighted by Gasteiger charge is 2.09. The third-order valence-electron chi connectivity index (χ3n) is 2.37. The van der Waals surface area contributed by atoms with Crippen LogP contribution in [0.25, 0.3) is 0 Å². The van der Waals surface area contributed by atoms with Gasteiger partial charge in [0.05, 0.1) is 12.7 Å². The molecule has 0 radical (unpaired) electrons. The number of nitrogens with one attached hydrogen (secondary N) is 1. The van der Waals surface area contributed by atoms with Crippen LogP contribution in [0.15, 0.2) is 29.2 Å². The van der Waals surface area contributed by atoms with E-state index in [1.54, 1.807) is 0 Å². The zero-order valence-corrected chi connectivity index (χ0v) is 12.9. The van der Waals surface area contributed by atoms with Crippen molar-refractivity contribution < 1.29 is 4.74 Å². The highest BCUT2D eigenvalue weighted by atomic mass is 35.5. The molecule has 0 heterocycles. The number of likely N-dealkylation sites (N-methyl/N-ethyl adjacent to an activating group) is 1. The summed E-state index contributed by atoms with van der Waals surface area (Å²) >= 11 is 7.78. The predicted octanol–water partition coefficient (Wildman–Crippen LogP) is 3.84. The van der Waals surface area contributed by atoms with E-state index in [1.807, 2.05) is 30.0 Å². The molecule has 102 valence electrons. The Hall–Kier alpha value is -0.220. The second-order valence-electron chi connectivity index (χ2n) is 4.41. The zero-order valence-electron chi connectivity index (χ0n) is 11.3. The fourth-order valence-corrected chi connectivity index (χ4v) is 2.76. The van der Waals surface area contributed by atoms with E-state index in [-0.39, 0.29) is 6.10 Å². The maximum absolute atomic E-state index is 5.97. The standard InChI is InChI=1S/C14H22ClNOS/c1-4-16-13(9-17-11(2)3)10-18-14-7-5-6-12(15)8-14/h5-8,11,13,16H,4,9-10H2,1-3H3. The second-order valence-corrected chi connectivity index (χ2v) is 5.93. The smallest absolute Gasteiger partial charge is 0.0631 e. The highest BCUT2D eigenvalue weighted by molar-refractivity contribution is 7.99. The summed E-state index contributed by atoms with van der Waals surface area (Å²) in [6, 6.07) is 8.34. The monoisotopic (exact) mass is 287 g/mol. The topological polar surface area (TPSA) is 21.3 Å². The fourth-order valence-electron chi connectivity index (χ4n) is 1.52. The maximum Gasteiger partial charge on any atom is 0.0631 e. The third kappa shape index (κ3) is 6.64. The molecule has 0 spiro atoms. The summed E-state index contributed by atoms with van der Waals surface area (Å²) in [4.78, 5) is 1.20. The van der Waals surface area contributed by atoms with Crippen molar-refractivity contribution >= 4 is 23.4 Å². The summed E-state index contributed by atoms with van der Waals surface area (Å²) in [6.07, 6.45) is 0.280. The summed E-state index contributed by atoms with van der Waals surface area (Å²) < 4.78 is 5.67. The molecule has 0 aliphatic carbocycles. The van der Waals surface area contributed by atoms with E-state index in [1.165, 1.54) is 4.90 Å². The predicted molar refractivity (Wildman–Crippen MR) is 80.7 cm³/mol. The first kappa shape index (κ1) is 15.8. The average molecular weight is 288 g/mol. The van der Waals surface area contributed by atoms with Gasteiger partial charge < -0.3 is 10.1 Å². The van der Waals surface area contributed by atoms with Crippen molar-refractivity contribution in [2.75, 3.05) is 18.9 Å². The minimum Gasteiger partial charge on any atom is -0.377 e. The van der Waals surface area contributed by atoms with Crippen molar-refractivity contribution in [2.24, 2.45) is 0 Å². The number of rotatable bonds is 8. The molecule has 0 amide bonds. The van der Waals surface area contributed by atoms with Gasteiger partial charge in [-0.15, -0.1) is 11.8 Å². The van der Waals surface area contributed by atoms with Crippen molar-refractivity contribution in [1.82, 2.24) is 5.32 Å². The number of hydrogen-bond donors (Lipinski definition) is 1. The molecule has 0 bridgehead atoms. The molecular weight excluding hydrogens is 266 g/mol. The van der Waals surface area contributed by atoms with Crippen molar-refractivity contribution in [2.45, 2.75) is 37.8 Å². The van der Waals surface area contributed by atoms with Gasteiger partial charge >= 0.3 is 0 Å². The van der Waals surface area contributed by atoms with Crippen LogP contribution >= 0.6 is 23.4 Å². The van der Waals surface area contributed by atoms with Crippen molar-refractivity contribution in [3.8, 4) is 0 Å². The Balaban J connectivity index is 2.41. The summed E-state index contributed by atoms with van der Waals surface area (Å²) in [5.41, 5.74) is 0. The lowest BCUT2D eigenvalue weighted by atomic mass is 10.3. The Morgan fingerprint density at radius 2 is 2.17 bits per heavy atom. The number of hydrogen-bond acceptors (Lipinski definition) is 3. The molecule has 0 saturated heterocycles. The molecule has 0 fully saturated rings. The van der Waals surface area contributed by atoms with Crippen LogP contribution in [-0.2, 0) is 4.74 Å². The lowest BCUT2D eigenvalue weighted by Crippen LogP contribution is -2.36. The second kappa shape index (κ2) is 8.81. The molecule has 0 saturated carbocycles. The van der Waals surface area contributed by atoms with Crippen LogP contribution in [0.5, 0.6) is 0 Å². The normalized spacial score (nSPS) is 12.9. The van der Waals surface area contributed by atoms with Crippen LogP contribution < -0.4 is 5.32 Å². The summed E-state index contributed by atoms with van der Waals surface area (Å²) in [5, 5.41) is 4.23. The molecule has 0 aromatic heterocycles. The van der Waals surface area contributed by atoms with Gasteiger partial charge in [-0.1, -0.05) is 24.6 Å².